The first kappa shape index (κ1) is 22.9. The molecular formula is C25H28N2O5. The molecule has 2 aromatic carbocycles. The number of hydrogen-bond acceptors (Lipinski definition) is 6. The normalized spacial score (nSPS) is 10.3. The lowest BCUT2D eigenvalue weighted by Crippen LogP contribution is -2.23. The van der Waals surface area contributed by atoms with Crippen molar-refractivity contribution in [1.82, 2.24) is 10.3 Å². The standard InChI is InChI=1S/C25H28N2O5/c1-29-22-14-18(15-23(30-2)25(22)31-3)10-11-24(28)27-16-19-7-6-9-21(13-19)32-17-20-8-4-5-12-26-20/h4-9,12-15H,10-11,16-17H2,1-3H3,(H,27,28). The minimum atomic E-state index is -0.0430. The van der Waals surface area contributed by atoms with Crippen LogP contribution < -0.4 is 24.3 Å². The minimum absolute atomic E-state index is 0.0430. The topological polar surface area (TPSA) is 78.9 Å². The Bertz CT molecular complexity index is 999. The first-order valence-corrected chi connectivity index (χ1v) is 10.3. The summed E-state index contributed by atoms with van der Waals surface area (Å²) in [5.41, 5.74) is 2.75. The monoisotopic (exact) mass is 436 g/mol. The molecule has 168 valence electrons. The number of aryl methyl sites for hydroxylation is 1. The molecule has 1 N–H and O–H groups in total. The van der Waals surface area contributed by atoms with Crippen LogP contribution >= 0.6 is 0 Å². The predicted octanol–water partition coefficient (Wildman–Crippen LogP) is 3.94. The molecule has 0 unspecified atom stereocenters. The summed E-state index contributed by atoms with van der Waals surface area (Å²) in [5, 5.41) is 2.96. The van der Waals surface area contributed by atoms with E-state index in [1.807, 2.05) is 54.6 Å². The Morgan fingerprint density at radius 2 is 1.69 bits per heavy atom. The molecule has 1 aromatic heterocycles. The highest BCUT2D eigenvalue weighted by Crippen LogP contribution is 2.38. The smallest absolute Gasteiger partial charge is 0.220 e. The van der Waals surface area contributed by atoms with Crippen LogP contribution in [0.3, 0.4) is 0 Å². The number of carbonyl (C=O) groups excluding carboxylic acids is 1. The largest absolute Gasteiger partial charge is 0.493 e. The van der Waals surface area contributed by atoms with E-state index in [1.54, 1.807) is 27.5 Å². The van der Waals surface area contributed by atoms with Crippen LogP contribution in [0.15, 0.2) is 60.8 Å². The third kappa shape index (κ3) is 6.38. The van der Waals surface area contributed by atoms with Gasteiger partial charge < -0.3 is 24.3 Å². The van der Waals surface area contributed by atoms with Crippen LogP contribution in [0.25, 0.3) is 0 Å². The van der Waals surface area contributed by atoms with Gasteiger partial charge in [-0.25, -0.2) is 0 Å². The molecule has 0 atom stereocenters. The van der Waals surface area contributed by atoms with Crippen LogP contribution in [0.1, 0.15) is 23.2 Å². The number of ether oxygens (including phenoxy) is 4. The van der Waals surface area contributed by atoms with Crippen LogP contribution in [0.5, 0.6) is 23.0 Å². The van der Waals surface area contributed by atoms with Crippen molar-refractivity contribution in [3.8, 4) is 23.0 Å². The lowest BCUT2D eigenvalue weighted by Gasteiger charge is -2.14. The third-order valence-corrected chi connectivity index (χ3v) is 4.87. The van der Waals surface area contributed by atoms with Gasteiger partial charge in [0.2, 0.25) is 11.7 Å². The van der Waals surface area contributed by atoms with Crippen molar-refractivity contribution in [2.24, 2.45) is 0 Å². The number of nitrogens with one attached hydrogen (secondary N) is 1. The summed E-state index contributed by atoms with van der Waals surface area (Å²) < 4.78 is 21.9. The second kappa shape index (κ2) is 11.6. The van der Waals surface area contributed by atoms with E-state index in [9.17, 15) is 4.79 Å². The average molecular weight is 437 g/mol. The minimum Gasteiger partial charge on any atom is -0.493 e. The van der Waals surface area contributed by atoms with E-state index >= 15 is 0 Å². The molecular weight excluding hydrogens is 408 g/mol. The molecule has 7 nitrogen and oxygen atoms in total. The van der Waals surface area contributed by atoms with Gasteiger partial charge in [0.1, 0.15) is 12.4 Å². The maximum atomic E-state index is 12.4. The second-order valence-electron chi connectivity index (χ2n) is 7.07. The fraction of sp³-hybridized carbons (Fsp3) is 0.280. The lowest BCUT2D eigenvalue weighted by atomic mass is 10.1. The lowest BCUT2D eigenvalue weighted by molar-refractivity contribution is -0.121. The van der Waals surface area contributed by atoms with Gasteiger partial charge in [0.15, 0.2) is 11.5 Å². The Hall–Kier alpha value is -3.74. The zero-order valence-electron chi connectivity index (χ0n) is 18.6. The van der Waals surface area contributed by atoms with E-state index in [4.69, 9.17) is 18.9 Å². The fourth-order valence-electron chi connectivity index (χ4n) is 3.21. The Labute approximate surface area is 188 Å². The summed E-state index contributed by atoms with van der Waals surface area (Å²) in [4.78, 5) is 16.6. The molecule has 1 amide bonds. The third-order valence-electron chi connectivity index (χ3n) is 4.87. The van der Waals surface area contributed by atoms with E-state index in [1.165, 1.54) is 0 Å². The second-order valence-corrected chi connectivity index (χ2v) is 7.07. The highest BCUT2D eigenvalue weighted by atomic mass is 16.5. The van der Waals surface area contributed by atoms with E-state index in [2.05, 4.69) is 10.3 Å². The van der Waals surface area contributed by atoms with Gasteiger partial charge in [0.05, 0.1) is 27.0 Å². The van der Waals surface area contributed by atoms with Gasteiger partial charge in [-0.05, 0) is 53.9 Å². The van der Waals surface area contributed by atoms with Crippen LogP contribution in [-0.2, 0) is 24.4 Å². The van der Waals surface area contributed by atoms with E-state index < -0.39 is 0 Å². The van der Waals surface area contributed by atoms with Gasteiger partial charge in [0.25, 0.3) is 0 Å². The van der Waals surface area contributed by atoms with Crippen LogP contribution in [-0.4, -0.2) is 32.2 Å². The van der Waals surface area contributed by atoms with Crippen molar-refractivity contribution >= 4 is 5.91 Å². The molecule has 7 heteroatoms. The molecule has 3 rings (SSSR count). The number of nitrogens with zero attached hydrogens (tertiary/aromatic N) is 1. The predicted molar refractivity (Wildman–Crippen MR) is 121 cm³/mol. The summed E-state index contributed by atoms with van der Waals surface area (Å²) in [6.07, 6.45) is 2.63. The molecule has 32 heavy (non-hydrogen) atoms. The molecule has 0 saturated heterocycles. The van der Waals surface area contributed by atoms with E-state index in [0.29, 0.717) is 43.2 Å². The van der Waals surface area contributed by atoms with Crippen molar-refractivity contribution < 1.29 is 23.7 Å². The zero-order valence-corrected chi connectivity index (χ0v) is 18.6. The molecule has 0 spiro atoms. The summed E-state index contributed by atoms with van der Waals surface area (Å²) >= 11 is 0. The van der Waals surface area contributed by atoms with Crippen molar-refractivity contribution in [3.05, 3.63) is 77.6 Å². The molecule has 0 radical (unpaired) electrons. The number of methoxy groups -OCH3 is 3. The first-order valence-electron chi connectivity index (χ1n) is 10.3. The molecule has 0 aliphatic rings. The highest BCUT2D eigenvalue weighted by molar-refractivity contribution is 5.76. The van der Waals surface area contributed by atoms with Gasteiger partial charge in [-0.15, -0.1) is 0 Å². The van der Waals surface area contributed by atoms with Crippen LogP contribution in [0, 0.1) is 0 Å². The van der Waals surface area contributed by atoms with Gasteiger partial charge in [0, 0.05) is 19.2 Å². The van der Waals surface area contributed by atoms with Gasteiger partial charge in [-0.2, -0.15) is 0 Å². The van der Waals surface area contributed by atoms with Crippen molar-refractivity contribution in [3.63, 3.8) is 0 Å². The van der Waals surface area contributed by atoms with Crippen molar-refractivity contribution in [2.45, 2.75) is 26.0 Å². The van der Waals surface area contributed by atoms with Gasteiger partial charge in [-0.3, -0.25) is 9.78 Å². The maximum absolute atomic E-state index is 12.4. The average Bonchev–Trinajstić information content (AvgIpc) is 2.85. The number of amides is 1. The number of carbonyl (C=O) groups is 1. The molecule has 0 aliphatic heterocycles. The Balaban J connectivity index is 1.51. The Kier molecular flexibility index (Phi) is 8.31. The van der Waals surface area contributed by atoms with Crippen LogP contribution in [0.4, 0.5) is 0 Å². The van der Waals surface area contributed by atoms with Gasteiger partial charge in [-0.1, -0.05) is 18.2 Å². The number of hydrogen-bond donors (Lipinski definition) is 1. The number of benzene rings is 2. The molecule has 0 saturated carbocycles. The number of rotatable bonds is 11. The van der Waals surface area contributed by atoms with Crippen molar-refractivity contribution in [1.29, 1.82) is 0 Å². The molecule has 0 fully saturated rings. The summed E-state index contributed by atoms with van der Waals surface area (Å²) in [6, 6.07) is 17.1. The van der Waals surface area contributed by atoms with E-state index in [-0.39, 0.29) is 5.91 Å². The van der Waals surface area contributed by atoms with Crippen LogP contribution in [0.2, 0.25) is 0 Å². The zero-order chi connectivity index (χ0) is 22.8. The van der Waals surface area contributed by atoms with Crippen molar-refractivity contribution in [2.75, 3.05) is 21.3 Å². The molecule has 0 bridgehead atoms. The Morgan fingerprint density at radius 3 is 2.34 bits per heavy atom. The number of aromatic nitrogens is 1. The molecule has 0 aliphatic carbocycles. The summed E-state index contributed by atoms with van der Waals surface area (Å²) in [5.74, 6) is 2.38. The maximum Gasteiger partial charge on any atom is 0.220 e. The highest BCUT2D eigenvalue weighted by Gasteiger charge is 2.14. The fourth-order valence-corrected chi connectivity index (χ4v) is 3.21. The quantitative estimate of drug-likeness (QED) is 0.491. The summed E-state index contributed by atoms with van der Waals surface area (Å²) in [6.45, 7) is 0.820. The molecule has 3 aromatic rings. The Morgan fingerprint density at radius 1 is 0.906 bits per heavy atom. The first-order chi connectivity index (χ1) is 15.6. The van der Waals surface area contributed by atoms with E-state index in [0.717, 1.165) is 22.6 Å². The number of pyridine rings is 1. The summed E-state index contributed by atoms with van der Waals surface area (Å²) in [7, 11) is 4.70. The molecule has 1 heterocycles. The van der Waals surface area contributed by atoms with Gasteiger partial charge >= 0.3 is 0 Å². The SMILES string of the molecule is COc1cc(CCC(=O)NCc2cccc(OCc3ccccn3)c2)cc(OC)c1OC.